The van der Waals surface area contributed by atoms with E-state index in [4.69, 9.17) is 4.74 Å². The molecule has 1 aromatic heterocycles. The summed E-state index contributed by atoms with van der Waals surface area (Å²) in [7, 11) is 0. The molecule has 0 aliphatic carbocycles. The molecule has 0 amide bonds. The summed E-state index contributed by atoms with van der Waals surface area (Å²) in [6.07, 6.45) is -6.28. The van der Waals surface area contributed by atoms with Gasteiger partial charge in [-0.2, -0.15) is 13.2 Å². The van der Waals surface area contributed by atoms with Crippen LogP contribution < -0.4 is 5.43 Å². The monoisotopic (exact) mass is 330 g/mol. The molecule has 2 heterocycles. The molecular formula is C15H14F4N2O2. The number of ether oxygens (including phenoxy) is 1. The molecule has 8 heteroatoms. The lowest BCUT2D eigenvalue weighted by Crippen LogP contribution is -2.48. The molecule has 0 radical (unpaired) electrons. The van der Waals surface area contributed by atoms with Crippen LogP contribution in [0.1, 0.15) is 5.69 Å². The number of pyridine rings is 1. The largest absolute Gasteiger partial charge is 0.415 e. The second kappa shape index (κ2) is 5.93. The first-order valence-electron chi connectivity index (χ1n) is 7.05. The number of nitrogens with one attached hydrogen (secondary N) is 1. The normalized spacial score (nSPS) is 20.1. The second-order valence-electron chi connectivity index (χ2n) is 5.46. The van der Waals surface area contributed by atoms with E-state index in [1.807, 2.05) is 0 Å². The minimum absolute atomic E-state index is 0.0453. The summed E-state index contributed by atoms with van der Waals surface area (Å²) in [5.74, 6) is -0.573. The third kappa shape index (κ3) is 3.37. The van der Waals surface area contributed by atoms with E-state index in [9.17, 15) is 22.4 Å². The fourth-order valence-electron chi connectivity index (χ4n) is 2.66. The van der Waals surface area contributed by atoms with Crippen LogP contribution in [0.15, 0.2) is 29.1 Å². The Balaban J connectivity index is 1.84. The van der Waals surface area contributed by atoms with Crippen LogP contribution in [0.3, 0.4) is 0 Å². The van der Waals surface area contributed by atoms with Crippen molar-refractivity contribution in [2.24, 2.45) is 0 Å². The predicted molar refractivity (Wildman–Crippen MR) is 75.6 cm³/mol. The average molecular weight is 330 g/mol. The van der Waals surface area contributed by atoms with Gasteiger partial charge in [-0.15, -0.1) is 0 Å². The molecule has 124 valence electrons. The van der Waals surface area contributed by atoms with Gasteiger partial charge in [0.25, 0.3) is 0 Å². The number of benzene rings is 1. The number of para-hydroxylation sites is 1. The quantitative estimate of drug-likeness (QED) is 0.860. The van der Waals surface area contributed by atoms with E-state index in [-0.39, 0.29) is 36.0 Å². The van der Waals surface area contributed by atoms with Gasteiger partial charge in [-0.05, 0) is 12.1 Å². The highest BCUT2D eigenvalue weighted by atomic mass is 19.4. The fraction of sp³-hybridized carbons (Fsp3) is 0.400. The van der Waals surface area contributed by atoms with E-state index < -0.39 is 18.1 Å². The lowest BCUT2D eigenvalue weighted by Gasteiger charge is -2.33. The molecule has 0 unspecified atom stereocenters. The van der Waals surface area contributed by atoms with E-state index in [0.29, 0.717) is 12.2 Å². The maximum absolute atomic E-state index is 13.8. The van der Waals surface area contributed by atoms with Crippen LogP contribution in [0.5, 0.6) is 0 Å². The standard InChI is InChI=1S/C15H14F4N2O2/c16-11-3-1-2-10-12(22)6-9(20-14(10)11)7-21-4-5-23-13(8-21)15(17,18)19/h1-3,6,13H,4-5,7-8H2,(H,20,22)/t13-/m1/s1. The van der Waals surface area contributed by atoms with Gasteiger partial charge >= 0.3 is 6.18 Å². The summed E-state index contributed by atoms with van der Waals surface area (Å²) in [4.78, 5) is 16.3. The molecule has 0 bridgehead atoms. The summed E-state index contributed by atoms with van der Waals surface area (Å²) in [6.45, 7) is 0.0383. The van der Waals surface area contributed by atoms with Crippen LogP contribution in [-0.4, -0.2) is 41.9 Å². The molecule has 1 fully saturated rings. The van der Waals surface area contributed by atoms with Crippen molar-refractivity contribution in [1.82, 2.24) is 9.88 Å². The molecule has 0 saturated carbocycles. The van der Waals surface area contributed by atoms with Crippen molar-refractivity contribution in [2.75, 3.05) is 19.7 Å². The molecule has 1 aliphatic rings. The molecular weight excluding hydrogens is 316 g/mol. The number of hydrogen-bond acceptors (Lipinski definition) is 3. The van der Waals surface area contributed by atoms with Gasteiger partial charge in [-0.3, -0.25) is 9.69 Å². The average Bonchev–Trinajstić information content (AvgIpc) is 2.48. The van der Waals surface area contributed by atoms with Crippen LogP contribution in [0, 0.1) is 5.82 Å². The summed E-state index contributed by atoms with van der Waals surface area (Å²) in [6, 6.07) is 5.44. The Hall–Kier alpha value is -1.93. The molecule has 1 N–H and O–H groups in total. The van der Waals surface area contributed by atoms with Crippen molar-refractivity contribution < 1.29 is 22.3 Å². The van der Waals surface area contributed by atoms with Crippen LogP contribution in [-0.2, 0) is 11.3 Å². The topological polar surface area (TPSA) is 45.3 Å². The molecule has 1 aliphatic heterocycles. The van der Waals surface area contributed by atoms with Gasteiger partial charge in [0.2, 0.25) is 0 Å². The zero-order chi connectivity index (χ0) is 16.6. The highest BCUT2D eigenvalue weighted by molar-refractivity contribution is 5.78. The number of morpholine rings is 1. The summed E-state index contributed by atoms with van der Waals surface area (Å²) in [5.41, 5.74) is 0.0694. The van der Waals surface area contributed by atoms with Crippen LogP contribution in [0.4, 0.5) is 17.6 Å². The first-order valence-corrected chi connectivity index (χ1v) is 7.05. The molecule has 0 spiro atoms. The number of H-pyrrole nitrogens is 1. The van der Waals surface area contributed by atoms with Crippen molar-refractivity contribution in [3.8, 4) is 0 Å². The first kappa shape index (κ1) is 15.9. The lowest BCUT2D eigenvalue weighted by molar-refractivity contribution is -0.237. The number of nitrogens with zero attached hydrogens (tertiary/aromatic N) is 1. The van der Waals surface area contributed by atoms with Crippen molar-refractivity contribution in [2.45, 2.75) is 18.8 Å². The van der Waals surface area contributed by atoms with Gasteiger partial charge in [0, 0.05) is 36.8 Å². The number of halogens is 4. The Labute approximate surface area is 128 Å². The number of hydrogen-bond donors (Lipinski definition) is 1. The maximum atomic E-state index is 13.8. The Morgan fingerprint density at radius 2 is 2.13 bits per heavy atom. The lowest BCUT2D eigenvalue weighted by atomic mass is 10.1. The second-order valence-corrected chi connectivity index (χ2v) is 5.46. The smallest absolute Gasteiger partial charge is 0.366 e. The van der Waals surface area contributed by atoms with Crippen molar-refractivity contribution in [3.63, 3.8) is 0 Å². The number of aromatic nitrogens is 1. The van der Waals surface area contributed by atoms with E-state index in [0.717, 1.165) is 0 Å². The van der Waals surface area contributed by atoms with Crippen molar-refractivity contribution in [1.29, 1.82) is 0 Å². The molecule has 4 nitrogen and oxygen atoms in total. The van der Waals surface area contributed by atoms with E-state index in [1.54, 1.807) is 0 Å². The molecule has 1 atom stereocenters. The first-order chi connectivity index (χ1) is 10.8. The Morgan fingerprint density at radius 1 is 1.35 bits per heavy atom. The van der Waals surface area contributed by atoms with E-state index in [1.165, 1.54) is 29.2 Å². The van der Waals surface area contributed by atoms with Crippen LogP contribution in [0.2, 0.25) is 0 Å². The third-order valence-corrected chi connectivity index (χ3v) is 3.78. The number of rotatable bonds is 2. The molecule has 3 rings (SSSR count). The van der Waals surface area contributed by atoms with Crippen LogP contribution in [0.25, 0.3) is 10.9 Å². The Morgan fingerprint density at radius 3 is 2.87 bits per heavy atom. The fourth-order valence-corrected chi connectivity index (χ4v) is 2.66. The summed E-state index contributed by atoms with van der Waals surface area (Å²) in [5, 5.41) is 0.212. The SMILES string of the molecule is O=c1cc(CN2CCO[C@@H](C(F)(F)F)C2)[nH]c2c(F)cccc12. The molecule has 2 aromatic rings. The number of fused-ring (bicyclic) bond motifs is 1. The molecule has 1 saturated heterocycles. The van der Waals surface area contributed by atoms with E-state index >= 15 is 0 Å². The minimum atomic E-state index is -4.43. The van der Waals surface area contributed by atoms with Crippen LogP contribution >= 0.6 is 0 Å². The van der Waals surface area contributed by atoms with Crippen molar-refractivity contribution in [3.05, 3.63) is 46.0 Å². The minimum Gasteiger partial charge on any atom is -0.366 e. The van der Waals surface area contributed by atoms with Gasteiger partial charge in [0.15, 0.2) is 11.5 Å². The summed E-state index contributed by atoms with van der Waals surface area (Å²) < 4.78 is 56.7. The summed E-state index contributed by atoms with van der Waals surface area (Å²) >= 11 is 0. The highest BCUT2D eigenvalue weighted by Gasteiger charge is 2.43. The maximum Gasteiger partial charge on any atom is 0.415 e. The predicted octanol–water partition coefficient (Wildman–Crippen LogP) is 2.43. The van der Waals surface area contributed by atoms with Gasteiger partial charge in [-0.25, -0.2) is 4.39 Å². The molecule has 1 aromatic carbocycles. The van der Waals surface area contributed by atoms with Gasteiger partial charge in [0.1, 0.15) is 5.82 Å². The highest BCUT2D eigenvalue weighted by Crippen LogP contribution is 2.26. The van der Waals surface area contributed by atoms with Crippen molar-refractivity contribution >= 4 is 10.9 Å². The van der Waals surface area contributed by atoms with Gasteiger partial charge in [-0.1, -0.05) is 6.07 Å². The number of aromatic amines is 1. The molecule has 23 heavy (non-hydrogen) atoms. The zero-order valence-electron chi connectivity index (χ0n) is 12.0. The van der Waals surface area contributed by atoms with Gasteiger partial charge in [0.05, 0.1) is 12.1 Å². The van der Waals surface area contributed by atoms with E-state index in [2.05, 4.69) is 4.98 Å². The Kier molecular flexibility index (Phi) is 4.11. The van der Waals surface area contributed by atoms with Gasteiger partial charge < -0.3 is 9.72 Å². The Bertz CT molecular complexity index is 772. The third-order valence-electron chi connectivity index (χ3n) is 3.78. The zero-order valence-corrected chi connectivity index (χ0v) is 12.0. The number of alkyl halides is 3.